The summed E-state index contributed by atoms with van der Waals surface area (Å²) in [7, 11) is 1.43. The first-order valence-electron chi connectivity index (χ1n) is 5.45. The Morgan fingerprint density at radius 2 is 1.71 bits per heavy atom. The summed E-state index contributed by atoms with van der Waals surface area (Å²) in [5, 5.41) is 0. The lowest BCUT2D eigenvalue weighted by Gasteiger charge is -2.26. The molecule has 0 heterocycles. The predicted octanol–water partition coefficient (Wildman–Crippen LogP) is 0.882. The van der Waals surface area contributed by atoms with Crippen LogP contribution in [0.1, 0.15) is 27.2 Å². The second-order valence-corrected chi connectivity index (χ2v) is 3.48. The molecule has 0 radical (unpaired) electrons. The van der Waals surface area contributed by atoms with Crippen molar-refractivity contribution in [2.24, 2.45) is 0 Å². The molecule has 6 heteroatoms. The molecule has 0 aromatic rings. The summed E-state index contributed by atoms with van der Waals surface area (Å²) in [6.45, 7) is 5.21. The molecule has 0 saturated carbocycles. The number of ether oxygens (including phenoxy) is 4. The second-order valence-electron chi connectivity index (χ2n) is 3.48. The Bertz CT molecular complexity index is 252. The summed E-state index contributed by atoms with van der Waals surface area (Å²) in [5.74, 6) is -1.12. The van der Waals surface area contributed by atoms with Gasteiger partial charge in [0.2, 0.25) is 0 Å². The average Bonchev–Trinajstić information content (AvgIpc) is 2.27. The number of carbonyl (C=O) groups is 2. The van der Waals surface area contributed by atoms with Crippen molar-refractivity contribution in [3.63, 3.8) is 0 Å². The average molecular weight is 248 g/mol. The van der Waals surface area contributed by atoms with Gasteiger partial charge >= 0.3 is 11.9 Å². The monoisotopic (exact) mass is 248 g/mol. The molecule has 1 atom stereocenters. The molecule has 0 unspecified atom stereocenters. The van der Waals surface area contributed by atoms with E-state index < -0.39 is 17.5 Å². The highest BCUT2D eigenvalue weighted by Gasteiger charge is 2.39. The van der Waals surface area contributed by atoms with Crippen molar-refractivity contribution in [2.45, 2.75) is 32.8 Å². The van der Waals surface area contributed by atoms with Crippen molar-refractivity contribution in [2.75, 3.05) is 27.1 Å². The van der Waals surface area contributed by atoms with E-state index in [0.29, 0.717) is 0 Å². The Hall–Kier alpha value is -1.14. The number of hydrogen-bond donors (Lipinski definition) is 0. The van der Waals surface area contributed by atoms with Crippen molar-refractivity contribution < 1.29 is 28.5 Å². The summed E-state index contributed by atoms with van der Waals surface area (Å²) in [6.07, 6.45) is -0.205. The molecule has 0 aliphatic carbocycles. The molecule has 0 aromatic heterocycles. The lowest BCUT2D eigenvalue weighted by Crippen LogP contribution is -2.43. The molecule has 0 aromatic carbocycles. The zero-order chi connectivity index (χ0) is 13.3. The molecule has 17 heavy (non-hydrogen) atoms. The van der Waals surface area contributed by atoms with Gasteiger partial charge < -0.3 is 18.9 Å². The number of carbonyl (C=O) groups excluding carboxylic acids is 2. The molecule has 0 bridgehead atoms. The van der Waals surface area contributed by atoms with Crippen LogP contribution in [0.5, 0.6) is 0 Å². The van der Waals surface area contributed by atoms with E-state index in [-0.39, 0.29) is 26.4 Å². The lowest BCUT2D eigenvalue weighted by molar-refractivity contribution is -0.190. The Balaban J connectivity index is 4.58. The van der Waals surface area contributed by atoms with Crippen LogP contribution in [0.25, 0.3) is 0 Å². The van der Waals surface area contributed by atoms with Crippen LogP contribution < -0.4 is 0 Å². The Kier molecular flexibility index (Phi) is 7.49. The van der Waals surface area contributed by atoms with Gasteiger partial charge in [-0.1, -0.05) is 0 Å². The van der Waals surface area contributed by atoms with Gasteiger partial charge in [-0.3, -0.25) is 4.79 Å². The molecule has 0 aliphatic heterocycles. The van der Waals surface area contributed by atoms with E-state index in [1.54, 1.807) is 13.8 Å². The van der Waals surface area contributed by atoms with Crippen molar-refractivity contribution in [3.05, 3.63) is 0 Å². The van der Waals surface area contributed by atoms with E-state index in [9.17, 15) is 9.59 Å². The Labute approximate surface area is 101 Å². The molecule has 0 amide bonds. The van der Waals surface area contributed by atoms with Gasteiger partial charge in [0.15, 0.2) is 5.60 Å². The van der Waals surface area contributed by atoms with Gasteiger partial charge in [0.05, 0.1) is 19.6 Å². The summed E-state index contributed by atoms with van der Waals surface area (Å²) in [6, 6.07) is 0. The van der Waals surface area contributed by atoms with Gasteiger partial charge in [-0.15, -0.1) is 0 Å². The van der Waals surface area contributed by atoms with E-state index >= 15 is 0 Å². The molecule has 0 N–H and O–H groups in total. The van der Waals surface area contributed by atoms with Crippen molar-refractivity contribution in [3.8, 4) is 0 Å². The first-order valence-corrected chi connectivity index (χ1v) is 5.45. The van der Waals surface area contributed by atoms with Crippen LogP contribution >= 0.6 is 0 Å². The maximum absolute atomic E-state index is 11.7. The largest absolute Gasteiger partial charge is 0.466 e. The number of esters is 2. The zero-order valence-corrected chi connectivity index (χ0v) is 10.8. The van der Waals surface area contributed by atoms with Gasteiger partial charge in [0.1, 0.15) is 6.79 Å². The third-order valence-corrected chi connectivity index (χ3v) is 1.99. The first kappa shape index (κ1) is 15.9. The zero-order valence-electron chi connectivity index (χ0n) is 10.8. The minimum atomic E-state index is -1.38. The molecular formula is C11H20O6. The van der Waals surface area contributed by atoms with Crippen LogP contribution in [0.15, 0.2) is 0 Å². The van der Waals surface area contributed by atoms with E-state index in [4.69, 9.17) is 18.9 Å². The normalized spacial score (nSPS) is 13.9. The second kappa shape index (κ2) is 8.03. The first-order chi connectivity index (χ1) is 8.00. The van der Waals surface area contributed by atoms with E-state index in [1.807, 2.05) is 0 Å². The maximum Gasteiger partial charge on any atom is 0.338 e. The minimum absolute atomic E-state index is 0.102. The smallest absolute Gasteiger partial charge is 0.338 e. The van der Waals surface area contributed by atoms with E-state index in [1.165, 1.54) is 14.0 Å². The van der Waals surface area contributed by atoms with Crippen LogP contribution in [0.2, 0.25) is 0 Å². The fourth-order valence-corrected chi connectivity index (χ4v) is 1.14. The number of rotatable bonds is 8. The van der Waals surface area contributed by atoms with Crippen LogP contribution in [0.3, 0.4) is 0 Å². The molecular weight excluding hydrogens is 228 g/mol. The molecule has 0 spiro atoms. The molecule has 0 fully saturated rings. The number of hydrogen-bond acceptors (Lipinski definition) is 6. The summed E-state index contributed by atoms with van der Waals surface area (Å²) < 4.78 is 19.6. The Morgan fingerprint density at radius 3 is 2.18 bits per heavy atom. The van der Waals surface area contributed by atoms with Crippen molar-refractivity contribution in [1.82, 2.24) is 0 Å². The molecule has 100 valence electrons. The predicted molar refractivity (Wildman–Crippen MR) is 59.2 cm³/mol. The van der Waals surface area contributed by atoms with Gasteiger partial charge in [-0.2, -0.15) is 0 Å². The van der Waals surface area contributed by atoms with Crippen LogP contribution in [0, 0.1) is 0 Å². The maximum atomic E-state index is 11.7. The van der Waals surface area contributed by atoms with Gasteiger partial charge in [-0.05, 0) is 20.8 Å². The standard InChI is InChI=1S/C11H20O6/c1-5-15-9(12)7-11(3,17-8-14-4)10(13)16-6-2/h5-8H2,1-4H3/t11-/m1/s1. The molecule has 0 saturated heterocycles. The lowest BCUT2D eigenvalue weighted by atomic mass is 10.0. The topological polar surface area (TPSA) is 71.1 Å². The molecule has 0 rings (SSSR count). The van der Waals surface area contributed by atoms with Crippen molar-refractivity contribution >= 4 is 11.9 Å². The summed E-state index contributed by atoms with van der Waals surface area (Å²) in [4.78, 5) is 23.1. The van der Waals surface area contributed by atoms with Crippen LogP contribution in [-0.4, -0.2) is 44.7 Å². The van der Waals surface area contributed by atoms with E-state index in [2.05, 4.69) is 0 Å². The van der Waals surface area contributed by atoms with Crippen molar-refractivity contribution in [1.29, 1.82) is 0 Å². The van der Waals surface area contributed by atoms with Crippen LogP contribution in [0.4, 0.5) is 0 Å². The number of methoxy groups -OCH3 is 1. The van der Waals surface area contributed by atoms with Gasteiger partial charge in [0.25, 0.3) is 0 Å². The fourth-order valence-electron chi connectivity index (χ4n) is 1.14. The van der Waals surface area contributed by atoms with Gasteiger partial charge in [-0.25, -0.2) is 4.79 Å². The third-order valence-electron chi connectivity index (χ3n) is 1.99. The molecule has 6 nitrogen and oxygen atoms in total. The van der Waals surface area contributed by atoms with Crippen LogP contribution in [-0.2, 0) is 28.5 Å². The summed E-state index contributed by atoms with van der Waals surface area (Å²) in [5.41, 5.74) is -1.38. The quantitative estimate of drug-likeness (QED) is 0.469. The minimum Gasteiger partial charge on any atom is -0.466 e. The third kappa shape index (κ3) is 5.65. The fraction of sp³-hybridized carbons (Fsp3) is 0.818. The molecule has 0 aliphatic rings. The Morgan fingerprint density at radius 1 is 1.12 bits per heavy atom. The SMILES string of the molecule is CCOC(=O)C[C@@](C)(OCOC)C(=O)OCC. The highest BCUT2D eigenvalue weighted by Crippen LogP contribution is 2.18. The highest BCUT2D eigenvalue weighted by molar-refractivity contribution is 5.85. The van der Waals surface area contributed by atoms with E-state index in [0.717, 1.165) is 0 Å². The van der Waals surface area contributed by atoms with Gasteiger partial charge in [0, 0.05) is 7.11 Å². The summed E-state index contributed by atoms with van der Waals surface area (Å²) >= 11 is 0. The highest BCUT2D eigenvalue weighted by atomic mass is 16.7.